The number of benzene rings is 3. The molecular weight excluding hydrogens is 585 g/mol. The van der Waals surface area contributed by atoms with Crippen molar-refractivity contribution in [3.63, 3.8) is 0 Å². The standard InChI is InChI=1S/C32H28N4O3S3/c1-3-27(31(39)36-32-35-25-13-12-20(2)16-28(25)42-32)41-24-11-7-10-23(18-24)33-30(38)26(17-21-14-15-40-19-21)34-29(37)22-8-5-4-6-9-22/h4-19,27H,3H2,1-2H3,(H,33,38)(H,34,37)(H,35,36,39)/b26-17-. The molecule has 0 spiro atoms. The number of nitrogens with zero attached hydrogens (tertiary/aromatic N) is 1. The number of aryl methyl sites for hydroxylation is 1. The number of anilines is 2. The van der Waals surface area contributed by atoms with Crippen molar-refractivity contribution in [2.75, 3.05) is 10.6 Å². The number of hydrogen-bond acceptors (Lipinski definition) is 7. The number of amides is 3. The van der Waals surface area contributed by atoms with Crippen molar-refractivity contribution in [1.82, 2.24) is 10.3 Å². The Morgan fingerprint density at radius 3 is 2.57 bits per heavy atom. The number of fused-ring (bicyclic) bond motifs is 1. The van der Waals surface area contributed by atoms with Gasteiger partial charge < -0.3 is 16.0 Å². The molecule has 1 unspecified atom stereocenters. The maximum atomic E-state index is 13.3. The van der Waals surface area contributed by atoms with Gasteiger partial charge >= 0.3 is 0 Å². The normalized spacial score (nSPS) is 12.1. The van der Waals surface area contributed by atoms with Crippen LogP contribution < -0.4 is 16.0 Å². The molecule has 0 fully saturated rings. The molecule has 10 heteroatoms. The molecule has 3 aromatic carbocycles. The highest BCUT2D eigenvalue weighted by Gasteiger charge is 2.20. The molecule has 0 saturated heterocycles. The van der Waals surface area contributed by atoms with Gasteiger partial charge in [0.15, 0.2) is 5.13 Å². The largest absolute Gasteiger partial charge is 0.321 e. The Bertz CT molecular complexity index is 1750. The predicted octanol–water partition coefficient (Wildman–Crippen LogP) is 7.59. The van der Waals surface area contributed by atoms with Gasteiger partial charge in [0.2, 0.25) is 5.91 Å². The molecule has 0 aliphatic rings. The van der Waals surface area contributed by atoms with Gasteiger partial charge in [-0.3, -0.25) is 14.4 Å². The fourth-order valence-corrected chi connectivity index (χ4v) is 6.67. The summed E-state index contributed by atoms with van der Waals surface area (Å²) in [7, 11) is 0. The Labute approximate surface area is 256 Å². The van der Waals surface area contributed by atoms with Crippen molar-refractivity contribution in [3.05, 3.63) is 112 Å². The van der Waals surface area contributed by atoms with E-state index in [-0.39, 0.29) is 22.8 Å². The first-order valence-electron chi connectivity index (χ1n) is 13.2. The van der Waals surface area contributed by atoms with Crippen LogP contribution in [0.2, 0.25) is 0 Å². The summed E-state index contributed by atoms with van der Waals surface area (Å²) in [5, 5.41) is 12.6. The molecule has 3 N–H and O–H groups in total. The molecular formula is C32H28N4O3S3. The number of thiazole rings is 1. The van der Waals surface area contributed by atoms with E-state index in [4.69, 9.17) is 0 Å². The van der Waals surface area contributed by atoms with Crippen LogP contribution in [-0.2, 0) is 9.59 Å². The van der Waals surface area contributed by atoms with Crippen molar-refractivity contribution in [3.8, 4) is 0 Å². The van der Waals surface area contributed by atoms with E-state index in [1.54, 1.807) is 36.4 Å². The SMILES string of the molecule is CCC(Sc1cccc(NC(=O)/C(=C/c2ccsc2)NC(=O)c2ccccc2)c1)C(=O)Nc1nc2ccc(C)cc2s1. The third kappa shape index (κ3) is 7.52. The quantitative estimate of drug-likeness (QED) is 0.112. The van der Waals surface area contributed by atoms with Gasteiger partial charge in [-0.2, -0.15) is 11.3 Å². The number of rotatable bonds is 10. The number of thioether (sulfide) groups is 1. The summed E-state index contributed by atoms with van der Waals surface area (Å²) in [6.07, 6.45) is 2.25. The fourth-order valence-electron chi connectivity index (χ4n) is 4.07. The average molecular weight is 613 g/mol. The first kappa shape index (κ1) is 29.2. The number of hydrogen-bond donors (Lipinski definition) is 3. The molecule has 0 radical (unpaired) electrons. The number of carbonyl (C=O) groups is 3. The third-order valence-electron chi connectivity index (χ3n) is 6.19. The van der Waals surface area contributed by atoms with E-state index in [1.165, 1.54) is 34.4 Å². The summed E-state index contributed by atoms with van der Waals surface area (Å²) >= 11 is 4.37. The first-order valence-corrected chi connectivity index (χ1v) is 15.9. The van der Waals surface area contributed by atoms with Crippen LogP contribution in [0, 0.1) is 6.92 Å². The minimum absolute atomic E-state index is 0.122. The van der Waals surface area contributed by atoms with E-state index >= 15 is 0 Å². The van der Waals surface area contributed by atoms with Crippen molar-refractivity contribution in [2.45, 2.75) is 30.4 Å². The van der Waals surface area contributed by atoms with Crippen molar-refractivity contribution in [2.24, 2.45) is 0 Å². The molecule has 2 heterocycles. The van der Waals surface area contributed by atoms with Crippen LogP contribution in [-0.4, -0.2) is 28.0 Å². The fraction of sp³-hybridized carbons (Fsp3) is 0.125. The Hall–Kier alpha value is -4.25. The summed E-state index contributed by atoms with van der Waals surface area (Å²) in [5.41, 5.74) is 3.93. The van der Waals surface area contributed by atoms with E-state index in [1.807, 2.05) is 67.1 Å². The lowest BCUT2D eigenvalue weighted by molar-refractivity contribution is -0.116. The van der Waals surface area contributed by atoms with E-state index in [0.29, 0.717) is 22.8 Å². The van der Waals surface area contributed by atoms with Crippen molar-refractivity contribution < 1.29 is 14.4 Å². The molecule has 3 amide bonds. The second-order valence-electron chi connectivity index (χ2n) is 9.41. The highest BCUT2D eigenvalue weighted by molar-refractivity contribution is 8.00. The molecule has 5 rings (SSSR count). The number of nitrogens with one attached hydrogen (secondary N) is 3. The Kier molecular flexibility index (Phi) is 9.48. The van der Waals surface area contributed by atoms with Crippen molar-refractivity contribution >= 4 is 79.3 Å². The zero-order chi connectivity index (χ0) is 29.5. The van der Waals surface area contributed by atoms with Gasteiger partial charge in [0.25, 0.3) is 11.8 Å². The summed E-state index contributed by atoms with van der Waals surface area (Å²) in [5.74, 6) is -0.961. The van der Waals surface area contributed by atoms with Gasteiger partial charge in [-0.25, -0.2) is 4.98 Å². The molecule has 0 bridgehead atoms. The predicted molar refractivity (Wildman–Crippen MR) is 174 cm³/mol. The Balaban J connectivity index is 1.27. The zero-order valence-corrected chi connectivity index (χ0v) is 25.4. The van der Waals surface area contributed by atoms with Gasteiger partial charge in [0, 0.05) is 16.1 Å². The summed E-state index contributed by atoms with van der Waals surface area (Å²) in [6, 6.07) is 23.9. The molecule has 5 aromatic rings. The Morgan fingerprint density at radius 2 is 1.81 bits per heavy atom. The molecule has 0 aliphatic heterocycles. The smallest absolute Gasteiger partial charge is 0.272 e. The maximum Gasteiger partial charge on any atom is 0.272 e. The topological polar surface area (TPSA) is 100 Å². The molecule has 0 aliphatic carbocycles. The lowest BCUT2D eigenvalue weighted by atomic mass is 10.2. The van der Waals surface area contributed by atoms with Gasteiger partial charge in [-0.15, -0.1) is 11.8 Å². The highest BCUT2D eigenvalue weighted by atomic mass is 32.2. The van der Waals surface area contributed by atoms with E-state index in [9.17, 15) is 14.4 Å². The molecule has 7 nitrogen and oxygen atoms in total. The van der Waals surface area contributed by atoms with E-state index in [0.717, 1.165) is 26.2 Å². The average Bonchev–Trinajstić information content (AvgIpc) is 3.65. The van der Waals surface area contributed by atoms with Crippen LogP contribution >= 0.6 is 34.4 Å². The van der Waals surface area contributed by atoms with Crippen LogP contribution in [0.5, 0.6) is 0 Å². The van der Waals surface area contributed by atoms with E-state index < -0.39 is 5.91 Å². The lowest BCUT2D eigenvalue weighted by Gasteiger charge is -2.15. The van der Waals surface area contributed by atoms with Gasteiger partial charge in [-0.05, 0) is 89.8 Å². The molecule has 42 heavy (non-hydrogen) atoms. The lowest BCUT2D eigenvalue weighted by Crippen LogP contribution is -2.30. The maximum absolute atomic E-state index is 13.3. The number of aromatic nitrogens is 1. The van der Waals surface area contributed by atoms with Gasteiger partial charge in [-0.1, -0.05) is 48.6 Å². The van der Waals surface area contributed by atoms with E-state index in [2.05, 4.69) is 27.0 Å². The second kappa shape index (κ2) is 13.6. The molecule has 0 saturated carbocycles. The zero-order valence-electron chi connectivity index (χ0n) is 22.9. The second-order valence-corrected chi connectivity index (χ2v) is 12.5. The molecule has 1 atom stereocenters. The summed E-state index contributed by atoms with van der Waals surface area (Å²) < 4.78 is 1.03. The van der Waals surface area contributed by atoms with Crippen LogP contribution in [0.4, 0.5) is 10.8 Å². The van der Waals surface area contributed by atoms with Gasteiger partial charge in [0.1, 0.15) is 5.70 Å². The summed E-state index contributed by atoms with van der Waals surface area (Å²) in [6.45, 7) is 3.99. The van der Waals surface area contributed by atoms with Crippen LogP contribution in [0.3, 0.4) is 0 Å². The van der Waals surface area contributed by atoms with Gasteiger partial charge in [0.05, 0.1) is 15.5 Å². The minimum atomic E-state index is -0.455. The van der Waals surface area contributed by atoms with Crippen LogP contribution in [0.1, 0.15) is 34.8 Å². The summed E-state index contributed by atoms with van der Waals surface area (Å²) in [4.78, 5) is 44.7. The molecule has 2 aromatic heterocycles. The number of carbonyl (C=O) groups excluding carboxylic acids is 3. The minimum Gasteiger partial charge on any atom is -0.321 e. The molecule has 212 valence electrons. The van der Waals surface area contributed by atoms with Crippen LogP contribution in [0.25, 0.3) is 16.3 Å². The Morgan fingerprint density at radius 1 is 0.976 bits per heavy atom. The van der Waals surface area contributed by atoms with Crippen LogP contribution in [0.15, 0.2) is 100 Å². The third-order valence-corrected chi connectivity index (χ3v) is 9.18. The number of thiophene rings is 1. The monoisotopic (exact) mass is 612 g/mol. The van der Waals surface area contributed by atoms with Crippen molar-refractivity contribution in [1.29, 1.82) is 0 Å². The first-order chi connectivity index (χ1) is 20.4. The highest BCUT2D eigenvalue weighted by Crippen LogP contribution is 2.31.